The molecular weight excluding hydrogens is 264 g/mol. The molecule has 0 saturated heterocycles. The number of aliphatic hydroxyl groups is 1. The number of ether oxygens (including phenoxy) is 2. The third-order valence-corrected chi connectivity index (χ3v) is 3.47. The first-order valence-electron chi connectivity index (χ1n) is 7.00. The van der Waals surface area contributed by atoms with Gasteiger partial charge in [-0.05, 0) is 37.1 Å². The van der Waals surface area contributed by atoms with Gasteiger partial charge in [0.25, 0.3) is 0 Å². The van der Waals surface area contributed by atoms with Crippen LogP contribution in [0.2, 0.25) is 0 Å². The van der Waals surface area contributed by atoms with E-state index in [0.717, 1.165) is 11.1 Å². The van der Waals surface area contributed by atoms with Gasteiger partial charge in [0.1, 0.15) is 11.5 Å². The molecule has 2 rings (SSSR count). The van der Waals surface area contributed by atoms with Gasteiger partial charge in [0.2, 0.25) is 0 Å². The number of benzene rings is 2. The van der Waals surface area contributed by atoms with Gasteiger partial charge in [-0.25, -0.2) is 0 Å². The molecule has 21 heavy (non-hydrogen) atoms. The predicted octanol–water partition coefficient (Wildman–Crippen LogP) is 3.60. The van der Waals surface area contributed by atoms with Gasteiger partial charge in [0, 0.05) is 12.5 Å². The summed E-state index contributed by atoms with van der Waals surface area (Å²) in [4.78, 5) is 0. The summed E-state index contributed by atoms with van der Waals surface area (Å²) in [5.41, 5.74) is 4.34. The lowest BCUT2D eigenvalue weighted by Gasteiger charge is -2.15. The normalized spacial score (nSPS) is 12.0. The maximum atomic E-state index is 10.5. The topological polar surface area (TPSA) is 38.7 Å². The zero-order chi connectivity index (χ0) is 15.4. The Kier molecular flexibility index (Phi) is 4.86. The highest BCUT2D eigenvalue weighted by Crippen LogP contribution is 2.28. The van der Waals surface area contributed by atoms with Crippen molar-refractivity contribution in [1.82, 2.24) is 0 Å². The summed E-state index contributed by atoms with van der Waals surface area (Å²) in [7, 11) is 3.21. The fourth-order valence-electron chi connectivity index (χ4n) is 2.55. The maximum absolute atomic E-state index is 10.5. The van der Waals surface area contributed by atoms with E-state index in [1.165, 1.54) is 11.1 Å². The average molecular weight is 286 g/mol. The molecule has 0 aliphatic rings. The van der Waals surface area contributed by atoms with Crippen LogP contribution in [0.1, 0.15) is 28.4 Å². The monoisotopic (exact) mass is 286 g/mol. The van der Waals surface area contributed by atoms with Gasteiger partial charge in [-0.2, -0.15) is 0 Å². The highest BCUT2D eigenvalue weighted by atomic mass is 16.5. The molecule has 0 bridgehead atoms. The Balaban J connectivity index is 2.25. The molecule has 3 nitrogen and oxygen atoms in total. The minimum absolute atomic E-state index is 0.568. The quantitative estimate of drug-likeness (QED) is 0.912. The Morgan fingerprint density at radius 3 is 1.86 bits per heavy atom. The van der Waals surface area contributed by atoms with E-state index in [0.29, 0.717) is 17.9 Å². The summed E-state index contributed by atoms with van der Waals surface area (Å²) < 4.78 is 10.5. The lowest BCUT2D eigenvalue weighted by molar-refractivity contribution is 0.177. The molecule has 112 valence electrons. The van der Waals surface area contributed by atoms with Crippen molar-refractivity contribution < 1.29 is 14.6 Å². The van der Waals surface area contributed by atoms with Gasteiger partial charge in [-0.3, -0.25) is 0 Å². The second kappa shape index (κ2) is 6.64. The SMILES string of the molecule is COc1cc(OC)cc(C(O)Cc2cc(C)cc(C)c2)c1. The van der Waals surface area contributed by atoms with Crippen molar-refractivity contribution >= 4 is 0 Å². The van der Waals surface area contributed by atoms with Crippen LogP contribution in [0.4, 0.5) is 0 Å². The first kappa shape index (κ1) is 15.4. The van der Waals surface area contributed by atoms with Crippen LogP contribution < -0.4 is 9.47 Å². The summed E-state index contributed by atoms with van der Waals surface area (Å²) in [6.07, 6.45) is -0.0195. The molecule has 0 aromatic heterocycles. The van der Waals surface area contributed by atoms with Crippen LogP contribution in [0.25, 0.3) is 0 Å². The summed E-state index contributed by atoms with van der Waals surface area (Å²) in [5.74, 6) is 1.37. The fourth-order valence-corrected chi connectivity index (χ4v) is 2.55. The molecule has 0 fully saturated rings. The number of hydrogen-bond donors (Lipinski definition) is 1. The molecule has 2 aromatic rings. The Labute approximate surface area is 126 Å². The molecule has 2 aromatic carbocycles. The van der Waals surface area contributed by atoms with Crippen molar-refractivity contribution in [3.63, 3.8) is 0 Å². The van der Waals surface area contributed by atoms with Crippen LogP contribution >= 0.6 is 0 Å². The van der Waals surface area contributed by atoms with Crippen molar-refractivity contribution in [2.45, 2.75) is 26.4 Å². The summed E-state index contributed by atoms with van der Waals surface area (Å²) in [6.45, 7) is 4.13. The van der Waals surface area contributed by atoms with E-state index in [9.17, 15) is 5.11 Å². The van der Waals surface area contributed by atoms with Crippen LogP contribution in [0.3, 0.4) is 0 Å². The second-order valence-electron chi connectivity index (χ2n) is 5.36. The van der Waals surface area contributed by atoms with Gasteiger partial charge in [0.05, 0.1) is 20.3 Å². The van der Waals surface area contributed by atoms with Crippen LogP contribution in [-0.2, 0) is 6.42 Å². The third kappa shape index (κ3) is 3.99. The molecule has 0 radical (unpaired) electrons. The largest absolute Gasteiger partial charge is 0.497 e. The molecule has 0 spiro atoms. The molecule has 3 heteroatoms. The molecule has 0 heterocycles. The molecule has 0 saturated carbocycles. The van der Waals surface area contributed by atoms with Crippen molar-refractivity contribution in [3.8, 4) is 11.5 Å². The van der Waals surface area contributed by atoms with Gasteiger partial charge >= 0.3 is 0 Å². The van der Waals surface area contributed by atoms with E-state index in [-0.39, 0.29) is 0 Å². The standard InChI is InChI=1S/C18H22O3/c1-12-5-13(2)7-14(6-12)8-18(19)15-9-16(20-3)11-17(10-15)21-4/h5-7,9-11,18-19H,8H2,1-4H3. The van der Waals surface area contributed by atoms with Crippen LogP contribution in [0, 0.1) is 13.8 Å². The fraction of sp³-hybridized carbons (Fsp3) is 0.333. The van der Waals surface area contributed by atoms with Gasteiger partial charge in [0.15, 0.2) is 0 Å². The summed E-state index contributed by atoms with van der Waals surface area (Å²) in [5, 5.41) is 10.5. The van der Waals surface area contributed by atoms with E-state index in [2.05, 4.69) is 32.0 Å². The molecule has 1 atom stereocenters. The molecular formula is C18H22O3. The minimum Gasteiger partial charge on any atom is -0.497 e. The van der Waals surface area contributed by atoms with Crippen LogP contribution in [0.5, 0.6) is 11.5 Å². The zero-order valence-corrected chi connectivity index (χ0v) is 13.0. The van der Waals surface area contributed by atoms with E-state index >= 15 is 0 Å². The first-order valence-corrected chi connectivity index (χ1v) is 7.00. The maximum Gasteiger partial charge on any atom is 0.122 e. The number of hydrogen-bond acceptors (Lipinski definition) is 3. The number of aryl methyl sites for hydroxylation is 2. The third-order valence-electron chi connectivity index (χ3n) is 3.47. The molecule has 1 unspecified atom stereocenters. The van der Waals surface area contributed by atoms with Crippen molar-refractivity contribution in [3.05, 3.63) is 58.7 Å². The van der Waals surface area contributed by atoms with E-state index < -0.39 is 6.10 Å². The Bertz CT molecular complexity index is 577. The van der Waals surface area contributed by atoms with Gasteiger partial charge < -0.3 is 14.6 Å². The highest BCUT2D eigenvalue weighted by molar-refractivity contribution is 5.40. The van der Waals surface area contributed by atoms with E-state index in [1.807, 2.05) is 12.1 Å². The Hall–Kier alpha value is -2.00. The number of rotatable bonds is 5. The van der Waals surface area contributed by atoms with Crippen molar-refractivity contribution in [1.29, 1.82) is 0 Å². The Morgan fingerprint density at radius 1 is 0.857 bits per heavy atom. The molecule has 0 amide bonds. The minimum atomic E-state index is -0.588. The number of methoxy groups -OCH3 is 2. The highest BCUT2D eigenvalue weighted by Gasteiger charge is 2.12. The van der Waals surface area contributed by atoms with E-state index in [1.54, 1.807) is 20.3 Å². The van der Waals surface area contributed by atoms with Crippen molar-refractivity contribution in [2.24, 2.45) is 0 Å². The summed E-state index contributed by atoms with van der Waals surface area (Å²) >= 11 is 0. The average Bonchev–Trinajstić information content (AvgIpc) is 2.45. The lowest BCUT2D eigenvalue weighted by Crippen LogP contribution is -2.03. The molecule has 0 aliphatic carbocycles. The lowest BCUT2D eigenvalue weighted by atomic mass is 9.98. The first-order chi connectivity index (χ1) is 10.0. The molecule has 1 N–H and O–H groups in total. The van der Waals surface area contributed by atoms with Crippen molar-refractivity contribution in [2.75, 3.05) is 14.2 Å². The Morgan fingerprint density at radius 2 is 1.38 bits per heavy atom. The zero-order valence-electron chi connectivity index (χ0n) is 13.0. The van der Waals surface area contributed by atoms with Crippen LogP contribution in [-0.4, -0.2) is 19.3 Å². The summed E-state index contributed by atoms with van der Waals surface area (Å²) in [6, 6.07) is 11.8. The molecule has 0 aliphatic heterocycles. The number of aliphatic hydroxyl groups excluding tert-OH is 1. The van der Waals surface area contributed by atoms with Gasteiger partial charge in [-0.1, -0.05) is 29.3 Å². The smallest absolute Gasteiger partial charge is 0.122 e. The van der Waals surface area contributed by atoms with E-state index in [4.69, 9.17) is 9.47 Å². The predicted molar refractivity (Wildman–Crippen MR) is 84.1 cm³/mol. The van der Waals surface area contributed by atoms with Crippen LogP contribution in [0.15, 0.2) is 36.4 Å². The van der Waals surface area contributed by atoms with Gasteiger partial charge in [-0.15, -0.1) is 0 Å². The second-order valence-corrected chi connectivity index (χ2v) is 5.36.